The summed E-state index contributed by atoms with van der Waals surface area (Å²) in [6.07, 6.45) is 6.46. The molecule has 5 rings (SSSR count). The van der Waals surface area contributed by atoms with E-state index in [2.05, 4.69) is 32.5 Å². The number of carbonyl (C=O) groups excluding carboxylic acids is 3. The SMILES string of the molecule is Cc1cc(C(=O)NC2CC3CCC(C2)N3c2ccc(C(=O)NC3CCN(C)C3)cn2)c(C)cc1C(N)=O. The van der Waals surface area contributed by atoms with Crippen LogP contribution in [0.1, 0.15) is 74.3 Å². The van der Waals surface area contributed by atoms with Crippen molar-refractivity contribution >= 4 is 23.5 Å². The molecule has 3 atom stereocenters. The highest BCUT2D eigenvalue weighted by atomic mass is 16.2. The number of pyridine rings is 1. The minimum atomic E-state index is -0.486. The second-order valence-electron chi connectivity index (χ2n) is 10.9. The van der Waals surface area contributed by atoms with Gasteiger partial charge < -0.3 is 26.2 Å². The summed E-state index contributed by atoms with van der Waals surface area (Å²) in [5.41, 5.74) is 8.51. The Morgan fingerprint density at radius 1 is 0.919 bits per heavy atom. The first-order valence-corrected chi connectivity index (χ1v) is 13.1. The van der Waals surface area contributed by atoms with Gasteiger partial charge >= 0.3 is 0 Å². The molecule has 9 nitrogen and oxygen atoms in total. The maximum Gasteiger partial charge on any atom is 0.253 e. The second-order valence-corrected chi connectivity index (χ2v) is 10.9. The highest BCUT2D eigenvalue weighted by Crippen LogP contribution is 2.38. The van der Waals surface area contributed by atoms with Crippen molar-refractivity contribution in [1.29, 1.82) is 0 Å². The third-order valence-electron chi connectivity index (χ3n) is 8.15. The fourth-order valence-electron chi connectivity index (χ4n) is 6.25. The van der Waals surface area contributed by atoms with Crippen molar-refractivity contribution in [3.63, 3.8) is 0 Å². The highest BCUT2D eigenvalue weighted by molar-refractivity contribution is 5.99. The number of nitrogens with zero attached hydrogens (tertiary/aromatic N) is 3. The van der Waals surface area contributed by atoms with Gasteiger partial charge in [-0.25, -0.2) is 4.98 Å². The third-order valence-corrected chi connectivity index (χ3v) is 8.15. The quantitative estimate of drug-likeness (QED) is 0.555. The van der Waals surface area contributed by atoms with Crippen LogP contribution >= 0.6 is 0 Å². The van der Waals surface area contributed by atoms with E-state index in [-0.39, 0.29) is 23.9 Å². The van der Waals surface area contributed by atoms with Gasteiger partial charge in [0.1, 0.15) is 5.82 Å². The van der Waals surface area contributed by atoms with E-state index in [1.165, 1.54) is 0 Å². The molecule has 2 bridgehead atoms. The van der Waals surface area contributed by atoms with E-state index >= 15 is 0 Å². The van der Waals surface area contributed by atoms with Crippen LogP contribution in [0.25, 0.3) is 0 Å². The predicted octanol–water partition coefficient (Wildman–Crippen LogP) is 2.16. The average molecular weight is 505 g/mol. The van der Waals surface area contributed by atoms with E-state index in [4.69, 9.17) is 5.73 Å². The number of hydrogen-bond acceptors (Lipinski definition) is 6. The lowest BCUT2D eigenvalue weighted by Gasteiger charge is -2.40. The average Bonchev–Trinajstić information content (AvgIpc) is 3.39. The summed E-state index contributed by atoms with van der Waals surface area (Å²) in [4.78, 5) is 46.6. The second kappa shape index (κ2) is 10.1. The van der Waals surface area contributed by atoms with Gasteiger partial charge in [0, 0.05) is 48.0 Å². The van der Waals surface area contributed by atoms with Gasteiger partial charge in [-0.3, -0.25) is 14.4 Å². The molecule has 0 aliphatic carbocycles. The lowest BCUT2D eigenvalue weighted by atomic mass is 9.95. The van der Waals surface area contributed by atoms with Crippen LogP contribution in [0, 0.1) is 13.8 Å². The molecule has 0 saturated carbocycles. The van der Waals surface area contributed by atoms with E-state index in [0.29, 0.717) is 34.3 Å². The van der Waals surface area contributed by atoms with Crippen LogP contribution in [0.5, 0.6) is 0 Å². The largest absolute Gasteiger partial charge is 0.366 e. The summed E-state index contributed by atoms with van der Waals surface area (Å²) >= 11 is 0. The van der Waals surface area contributed by atoms with Crippen molar-refractivity contribution in [3.05, 3.63) is 58.3 Å². The van der Waals surface area contributed by atoms with Gasteiger partial charge in [0.05, 0.1) is 5.56 Å². The number of primary amides is 1. The van der Waals surface area contributed by atoms with Crippen molar-refractivity contribution in [2.24, 2.45) is 5.73 Å². The summed E-state index contributed by atoms with van der Waals surface area (Å²) in [5.74, 6) is 0.220. The zero-order valence-corrected chi connectivity index (χ0v) is 21.8. The van der Waals surface area contributed by atoms with Gasteiger partial charge in [-0.05, 0) is 94.9 Å². The Morgan fingerprint density at radius 2 is 1.57 bits per heavy atom. The minimum absolute atomic E-state index is 0.0712. The van der Waals surface area contributed by atoms with Crippen LogP contribution in [-0.4, -0.2) is 71.9 Å². The fraction of sp³-hybridized carbons (Fsp3) is 0.500. The zero-order valence-electron chi connectivity index (χ0n) is 21.8. The molecule has 196 valence electrons. The molecule has 2 aromatic rings. The van der Waals surface area contributed by atoms with Crippen LogP contribution in [0.4, 0.5) is 5.82 Å². The van der Waals surface area contributed by atoms with Crippen LogP contribution in [-0.2, 0) is 0 Å². The molecule has 4 N–H and O–H groups in total. The number of hydrogen-bond donors (Lipinski definition) is 3. The van der Waals surface area contributed by atoms with Gasteiger partial charge in [0.2, 0.25) is 5.91 Å². The van der Waals surface area contributed by atoms with Crippen molar-refractivity contribution in [1.82, 2.24) is 20.5 Å². The van der Waals surface area contributed by atoms with E-state index in [0.717, 1.165) is 56.6 Å². The number of likely N-dealkylation sites (N-methyl/N-ethyl adjacent to an activating group) is 1. The first kappa shape index (κ1) is 25.2. The Hall–Kier alpha value is -3.46. The maximum atomic E-state index is 13.1. The molecule has 9 heteroatoms. The first-order valence-electron chi connectivity index (χ1n) is 13.1. The Bertz CT molecular complexity index is 1200. The first-order chi connectivity index (χ1) is 17.7. The standard InChI is InChI=1S/C28H36N6O3/c1-16-11-24(17(2)10-23(16)26(29)35)28(37)32-20-12-21-5-6-22(13-20)34(21)25-7-4-18(14-30-25)27(36)31-19-8-9-33(3)15-19/h4,7,10-11,14,19-22H,5-6,8-9,12-13,15H2,1-3H3,(H2,29,35)(H,31,36)(H,32,37). The van der Waals surface area contributed by atoms with Gasteiger partial charge in [-0.15, -0.1) is 0 Å². The molecule has 3 fully saturated rings. The van der Waals surface area contributed by atoms with Crippen LogP contribution < -0.4 is 21.3 Å². The third kappa shape index (κ3) is 5.18. The molecule has 3 aliphatic rings. The molecule has 37 heavy (non-hydrogen) atoms. The van der Waals surface area contributed by atoms with Crippen molar-refractivity contribution in [2.75, 3.05) is 25.0 Å². The smallest absolute Gasteiger partial charge is 0.253 e. The topological polar surface area (TPSA) is 121 Å². The Balaban J connectivity index is 1.21. The van der Waals surface area contributed by atoms with E-state index in [9.17, 15) is 14.4 Å². The monoisotopic (exact) mass is 504 g/mol. The van der Waals surface area contributed by atoms with E-state index in [1.807, 2.05) is 19.1 Å². The summed E-state index contributed by atoms with van der Waals surface area (Å²) in [6.45, 7) is 5.51. The molecule has 1 aromatic carbocycles. The molecular weight excluding hydrogens is 468 g/mol. The van der Waals surface area contributed by atoms with Gasteiger partial charge in [-0.1, -0.05) is 0 Å². The fourth-order valence-corrected chi connectivity index (χ4v) is 6.25. The lowest BCUT2D eigenvalue weighted by molar-refractivity contribution is 0.0921. The van der Waals surface area contributed by atoms with Gasteiger partial charge in [0.25, 0.3) is 11.8 Å². The lowest BCUT2D eigenvalue weighted by Crippen LogP contribution is -2.51. The summed E-state index contributed by atoms with van der Waals surface area (Å²) in [6, 6.07) is 8.12. The van der Waals surface area contributed by atoms with Gasteiger partial charge in [0.15, 0.2) is 0 Å². The Kier molecular flexibility index (Phi) is 6.90. The molecule has 3 unspecified atom stereocenters. The van der Waals surface area contributed by atoms with E-state index in [1.54, 1.807) is 25.3 Å². The van der Waals surface area contributed by atoms with Crippen LogP contribution in [0.15, 0.2) is 30.5 Å². The molecule has 0 radical (unpaired) electrons. The predicted molar refractivity (Wildman–Crippen MR) is 142 cm³/mol. The summed E-state index contributed by atoms with van der Waals surface area (Å²) < 4.78 is 0. The number of nitrogens with one attached hydrogen (secondary N) is 2. The molecule has 3 amide bonds. The molecule has 1 aromatic heterocycles. The number of amides is 3. The number of benzene rings is 1. The maximum absolute atomic E-state index is 13.1. The number of piperidine rings is 1. The number of likely N-dealkylation sites (tertiary alicyclic amines) is 1. The molecule has 4 heterocycles. The molecular formula is C28H36N6O3. The summed E-state index contributed by atoms with van der Waals surface area (Å²) in [5, 5.41) is 6.34. The number of nitrogens with two attached hydrogens (primary N) is 1. The van der Waals surface area contributed by atoms with Crippen molar-refractivity contribution < 1.29 is 14.4 Å². The zero-order chi connectivity index (χ0) is 26.3. The molecule has 3 aliphatic heterocycles. The van der Waals surface area contributed by atoms with Crippen molar-refractivity contribution in [3.8, 4) is 0 Å². The Labute approximate surface area is 217 Å². The molecule has 3 saturated heterocycles. The number of carbonyl (C=O) groups is 3. The number of fused-ring (bicyclic) bond motifs is 2. The number of rotatable bonds is 6. The number of aryl methyl sites for hydroxylation is 2. The minimum Gasteiger partial charge on any atom is -0.366 e. The number of anilines is 1. The van der Waals surface area contributed by atoms with Gasteiger partial charge in [-0.2, -0.15) is 0 Å². The van der Waals surface area contributed by atoms with Crippen molar-refractivity contribution in [2.45, 2.75) is 70.1 Å². The normalized spacial score (nSPS) is 25.2. The number of aromatic nitrogens is 1. The van der Waals surface area contributed by atoms with E-state index < -0.39 is 5.91 Å². The molecule has 0 spiro atoms. The Morgan fingerprint density at radius 3 is 2.16 bits per heavy atom. The van der Waals surface area contributed by atoms with Crippen LogP contribution in [0.3, 0.4) is 0 Å². The van der Waals surface area contributed by atoms with Crippen LogP contribution in [0.2, 0.25) is 0 Å². The summed E-state index contributed by atoms with van der Waals surface area (Å²) in [7, 11) is 2.07. The highest BCUT2D eigenvalue weighted by Gasteiger charge is 2.42.